The Bertz CT molecular complexity index is 1310. The molecule has 7 heteroatoms. The van der Waals surface area contributed by atoms with Crippen LogP contribution in [0.5, 0.6) is 0 Å². The lowest BCUT2D eigenvalue weighted by Crippen LogP contribution is -2.63. The molecule has 2 aromatic carbocycles. The highest BCUT2D eigenvalue weighted by molar-refractivity contribution is 6.01. The van der Waals surface area contributed by atoms with Crippen molar-refractivity contribution in [3.8, 4) is 0 Å². The molecule has 32 heavy (non-hydrogen) atoms. The first-order valence-electron chi connectivity index (χ1n) is 10.6. The molecule has 0 fully saturated rings. The smallest absolute Gasteiger partial charge is 0.291 e. The van der Waals surface area contributed by atoms with Crippen LogP contribution in [0, 0.1) is 6.92 Å². The second-order valence-corrected chi connectivity index (χ2v) is 8.36. The van der Waals surface area contributed by atoms with Crippen molar-refractivity contribution in [2.45, 2.75) is 39.0 Å². The average Bonchev–Trinajstić information content (AvgIpc) is 3.39. The second-order valence-electron chi connectivity index (χ2n) is 8.36. The zero-order valence-electron chi connectivity index (χ0n) is 18.0. The van der Waals surface area contributed by atoms with E-state index in [1.54, 1.807) is 11.8 Å². The van der Waals surface area contributed by atoms with Gasteiger partial charge in [0, 0.05) is 6.54 Å². The Kier molecular flexibility index (Phi) is 4.81. The summed E-state index contributed by atoms with van der Waals surface area (Å²) in [4.78, 5) is 33.3. The number of imidazole rings is 1. The molecule has 3 heterocycles. The van der Waals surface area contributed by atoms with Gasteiger partial charge in [-0.3, -0.25) is 9.59 Å². The van der Waals surface area contributed by atoms with Crippen molar-refractivity contribution in [2.24, 2.45) is 0 Å². The fourth-order valence-corrected chi connectivity index (χ4v) is 4.27. The first-order valence-corrected chi connectivity index (χ1v) is 10.6. The molecule has 0 radical (unpaired) electrons. The fourth-order valence-electron chi connectivity index (χ4n) is 4.27. The van der Waals surface area contributed by atoms with Gasteiger partial charge in [0.05, 0.1) is 24.1 Å². The molecule has 0 aliphatic carbocycles. The maximum atomic E-state index is 13.6. The molecule has 0 saturated carbocycles. The molecule has 7 nitrogen and oxygen atoms in total. The SMILES string of the molecule is Cc1ccc(CN2C(=O)c3nc4ccccc4n3C[C@]2(C)C(=O)NCc2ccccc2)o1. The number of carbonyl (C=O) groups excluding carboxylic acids is 2. The largest absolute Gasteiger partial charge is 0.464 e. The highest BCUT2D eigenvalue weighted by atomic mass is 16.3. The molecule has 0 unspecified atom stereocenters. The number of carbonyl (C=O) groups is 2. The topological polar surface area (TPSA) is 80.4 Å². The first-order chi connectivity index (χ1) is 15.5. The van der Waals surface area contributed by atoms with Crippen LogP contribution in [0.25, 0.3) is 11.0 Å². The number of rotatable bonds is 5. The third-order valence-electron chi connectivity index (χ3n) is 6.05. The maximum absolute atomic E-state index is 13.6. The predicted molar refractivity (Wildman–Crippen MR) is 120 cm³/mol. The Balaban J connectivity index is 1.53. The van der Waals surface area contributed by atoms with E-state index in [1.165, 1.54) is 0 Å². The summed E-state index contributed by atoms with van der Waals surface area (Å²) in [6.45, 7) is 4.53. The van der Waals surface area contributed by atoms with Crippen molar-refractivity contribution in [1.82, 2.24) is 19.8 Å². The number of furan rings is 1. The van der Waals surface area contributed by atoms with Crippen LogP contribution in [-0.2, 0) is 24.4 Å². The first kappa shape index (κ1) is 20.1. The Morgan fingerprint density at radius 2 is 1.84 bits per heavy atom. The van der Waals surface area contributed by atoms with E-state index in [1.807, 2.05) is 78.2 Å². The number of fused-ring (bicyclic) bond motifs is 3. The Morgan fingerprint density at radius 3 is 2.59 bits per heavy atom. The summed E-state index contributed by atoms with van der Waals surface area (Å²) in [5.74, 6) is 1.21. The molecular formula is C25H24N4O3. The van der Waals surface area contributed by atoms with Crippen LogP contribution in [0.2, 0.25) is 0 Å². The van der Waals surface area contributed by atoms with Gasteiger partial charge in [-0.1, -0.05) is 42.5 Å². The van der Waals surface area contributed by atoms with Crippen molar-refractivity contribution in [1.29, 1.82) is 0 Å². The standard InChI is InChI=1S/C25H24N4O3/c1-17-12-13-19(32-17)15-29-23(30)22-27-20-10-6-7-11-21(20)28(22)16-25(29,2)24(31)26-14-18-8-4-3-5-9-18/h3-13H,14-16H2,1-2H3,(H,26,31)/t25-/m1/s1. The molecule has 0 bridgehead atoms. The van der Waals surface area contributed by atoms with Crippen LogP contribution in [0.1, 0.15) is 34.6 Å². The minimum Gasteiger partial charge on any atom is -0.464 e. The molecular weight excluding hydrogens is 404 g/mol. The summed E-state index contributed by atoms with van der Waals surface area (Å²) in [5, 5.41) is 3.02. The molecule has 0 saturated heterocycles. The van der Waals surface area contributed by atoms with E-state index in [0.717, 1.165) is 22.4 Å². The molecule has 2 amide bonds. The van der Waals surface area contributed by atoms with Gasteiger partial charge in [-0.2, -0.15) is 0 Å². The molecule has 5 rings (SSSR count). The van der Waals surface area contributed by atoms with Crippen LogP contribution < -0.4 is 5.32 Å². The van der Waals surface area contributed by atoms with Gasteiger partial charge in [0.25, 0.3) is 5.91 Å². The minimum atomic E-state index is -1.12. The number of nitrogens with zero attached hydrogens (tertiary/aromatic N) is 3. The van der Waals surface area contributed by atoms with Gasteiger partial charge in [0.15, 0.2) is 5.82 Å². The van der Waals surface area contributed by atoms with E-state index in [-0.39, 0.29) is 18.4 Å². The predicted octanol–water partition coefficient (Wildman–Crippen LogP) is 3.67. The minimum absolute atomic E-state index is 0.186. The third kappa shape index (κ3) is 3.36. The van der Waals surface area contributed by atoms with E-state index >= 15 is 0 Å². The van der Waals surface area contributed by atoms with E-state index in [9.17, 15) is 9.59 Å². The monoisotopic (exact) mass is 428 g/mol. The lowest BCUT2D eigenvalue weighted by atomic mass is 9.94. The normalized spacial score (nSPS) is 18.1. The summed E-state index contributed by atoms with van der Waals surface area (Å²) < 4.78 is 7.58. The maximum Gasteiger partial charge on any atom is 0.291 e. The lowest BCUT2D eigenvalue weighted by Gasteiger charge is -2.43. The van der Waals surface area contributed by atoms with Gasteiger partial charge in [-0.25, -0.2) is 4.98 Å². The Labute approximate surface area is 185 Å². The quantitative estimate of drug-likeness (QED) is 0.526. The average molecular weight is 428 g/mol. The van der Waals surface area contributed by atoms with Crippen molar-refractivity contribution < 1.29 is 14.0 Å². The second kappa shape index (κ2) is 7.67. The highest BCUT2D eigenvalue weighted by Crippen LogP contribution is 2.32. The third-order valence-corrected chi connectivity index (χ3v) is 6.05. The summed E-state index contributed by atoms with van der Waals surface area (Å²) in [6.07, 6.45) is 0. The number of aryl methyl sites for hydroxylation is 1. The molecule has 2 aromatic heterocycles. The van der Waals surface area contributed by atoms with Gasteiger partial charge < -0.3 is 19.2 Å². The number of benzene rings is 2. The Morgan fingerprint density at radius 1 is 1.09 bits per heavy atom. The summed E-state index contributed by atoms with van der Waals surface area (Å²) >= 11 is 0. The van der Waals surface area contributed by atoms with Crippen LogP contribution in [0.4, 0.5) is 0 Å². The zero-order chi connectivity index (χ0) is 22.3. The van der Waals surface area contributed by atoms with Gasteiger partial charge >= 0.3 is 0 Å². The number of para-hydroxylation sites is 2. The summed E-state index contributed by atoms with van der Waals surface area (Å²) in [7, 11) is 0. The zero-order valence-corrected chi connectivity index (χ0v) is 18.0. The van der Waals surface area contributed by atoms with Crippen LogP contribution in [-0.4, -0.2) is 31.8 Å². The number of amides is 2. The van der Waals surface area contributed by atoms with Crippen molar-refractivity contribution in [3.63, 3.8) is 0 Å². The van der Waals surface area contributed by atoms with Crippen molar-refractivity contribution in [3.05, 3.63) is 89.6 Å². The number of aromatic nitrogens is 2. The molecule has 1 N–H and O–H groups in total. The van der Waals surface area contributed by atoms with E-state index in [0.29, 0.717) is 24.7 Å². The van der Waals surface area contributed by atoms with E-state index < -0.39 is 5.54 Å². The van der Waals surface area contributed by atoms with Crippen LogP contribution >= 0.6 is 0 Å². The van der Waals surface area contributed by atoms with Crippen molar-refractivity contribution >= 4 is 22.8 Å². The highest BCUT2D eigenvalue weighted by Gasteiger charge is 2.48. The fraction of sp³-hybridized carbons (Fsp3) is 0.240. The van der Waals surface area contributed by atoms with Crippen LogP contribution in [0.3, 0.4) is 0 Å². The molecule has 4 aromatic rings. The summed E-state index contributed by atoms with van der Waals surface area (Å²) in [6, 6.07) is 21.0. The Hall–Kier alpha value is -3.87. The lowest BCUT2D eigenvalue weighted by molar-refractivity contribution is -0.133. The molecule has 1 atom stereocenters. The number of nitrogens with one attached hydrogen (secondary N) is 1. The van der Waals surface area contributed by atoms with Gasteiger partial charge in [-0.05, 0) is 43.7 Å². The van der Waals surface area contributed by atoms with Gasteiger partial charge in [0.1, 0.15) is 17.1 Å². The van der Waals surface area contributed by atoms with E-state index in [4.69, 9.17) is 4.42 Å². The van der Waals surface area contributed by atoms with Gasteiger partial charge in [0.2, 0.25) is 5.91 Å². The van der Waals surface area contributed by atoms with E-state index in [2.05, 4.69) is 10.3 Å². The molecule has 1 aliphatic heterocycles. The molecule has 162 valence electrons. The molecule has 0 spiro atoms. The number of hydrogen-bond donors (Lipinski definition) is 1. The molecule has 1 aliphatic rings. The summed E-state index contributed by atoms with van der Waals surface area (Å²) in [5.41, 5.74) is 1.45. The van der Waals surface area contributed by atoms with Crippen LogP contribution in [0.15, 0.2) is 71.1 Å². The number of hydrogen-bond acceptors (Lipinski definition) is 4. The van der Waals surface area contributed by atoms with Gasteiger partial charge in [-0.15, -0.1) is 0 Å². The van der Waals surface area contributed by atoms with Crippen molar-refractivity contribution in [2.75, 3.05) is 0 Å².